The Morgan fingerprint density at radius 2 is 1.96 bits per heavy atom. The Bertz CT molecular complexity index is 931. The van der Waals surface area contributed by atoms with Crippen molar-refractivity contribution in [1.82, 2.24) is 5.32 Å². The third-order valence-corrected chi connectivity index (χ3v) is 5.83. The van der Waals surface area contributed by atoms with Gasteiger partial charge in [-0.25, -0.2) is 4.79 Å². The number of ether oxygens (including phenoxy) is 3. The van der Waals surface area contributed by atoms with Gasteiger partial charge in [0.2, 0.25) is 6.79 Å². The summed E-state index contributed by atoms with van der Waals surface area (Å²) in [5.74, 6) is 0.376. The lowest BCUT2D eigenvalue weighted by Gasteiger charge is -2.34. The fourth-order valence-electron chi connectivity index (χ4n) is 4.00. The average Bonchev–Trinajstić information content (AvgIpc) is 3.06. The molecule has 1 aromatic rings. The minimum absolute atomic E-state index is 0.0608. The zero-order valence-electron chi connectivity index (χ0n) is 16.1. The maximum atomic E-state index is 13.0. The molecule has 0 aromatic heterocycles. The van der Waals surface area contributed by atoms with Crippen LogP contribution in [0.3, 0.4) is 0 Å². The number of hydrogen-bond acceptors (Lipinski definition) is 6. The summed E-state index contributed by atoms with van der Waals surface area (Å²) in [5, 5.41) is 3.29. The number of hydrogen-bond donors (Lipinski definition) is 1. The van der Waals surface area contributed by atoms with Crippen molar-refractivity contribution < 1.29 is 23.8 Å². The Kier molecular flexibility index (Phi) is 4.95. The van der Waals surface area contributed by atoms with Crippen LogP contribution < -0.4 is 14.8 Å². The van der Waals surface area contributed by atoms with Crippen molar-refractivity contribution >= 4 is 27.7 Å². The van der Waals surface area contributed by atoms with E-state index < -0.39 is 11.9 Å². The number of carbonyl (C=O) groups is 2. The van der Waals surface area contributed by atoms with Crippen LogP contribution in [0.15, 0.2) is 39.1 Å². The van der Waals surface area contributed by atoms with E-state index in [1.54, 1.807) is 0 Å². The number of allylic oxidation sites excluding steroid dienone is 3. The Balaban J connectivity index is 1.89. The van der Waals surface area contributed by atoms with Gasteiger partial charge in [0.25, 0.3) is 0 Å². The van der Waals surface area contributed by atoms with Gasteiger partial charge in [-0.3, -0.25) is 4.79 Å². The van der Waals surface area contributed by atoms with E-state index in [1.165, 1.54) is 0 Å². The summed E-state index contributed by atoms with van der Waals surface area (Å²) in [6.07, 6.45) is 1.80. The number of ketones is 1. The van der Waals surface area contributed by atoms with E-state index in [2.05, 4.69) is 21.2 Å². The van der Waals surface area contributed by atoms with Crippen molar-refractivity contribution in [2.75, 3.05) is 6.79 Å². The monoisotopic (exact) mass is 447 g/mol. The molecule has 0 saturated carbocycles. The van der Waals surface area contributed by atoms with Crippen molar-refractivity contribution in [2.24, 2.45) is 0 Å². The standard InChI is InChI=1S/C21H22BrNO5/c1-10(2)28-21(25)18-11(3)23-14-5-4-6-15(24)20(14)19(18)12-7-16-17(8-13(12)22)27-9-26-16/h7-8,10,19,23H,4-6,9H2,1-3H3/t19-/m1/s1. The molecule has 4 rings (SSSR count). The van der Waals surface area contributed by atoms with Gasteiger partial charge in [0.05, 0.1) is 11.7 Å². The number of Topliss-reactive ketones (excluding diaryl/α,β-unsaturated/α-hetero) is 1. The molecular weight excluding hydrogens is 426 g/mol. The van der Waals surface area contributed by atoms with Crippen LogP contribution in [0.25, 0.3) is 0 Å². The molecule has 1 aliphatic carbocycles. The molecular formula is C21H22BrNO5. The van der Waals surface area contributed by atoms with Crippen molar-refractivity contribution in [1.29, 1.82) is 0 Å². The summed E-state index contributed by atoms with van der Waals surface area (Å²) in [5.41, 5.74) is 3.51. The molecule has 6 nitrogen and oxygen atoms in total. The maximum Gasteiger partial charge on any atom is 0.337 e. The lowest BCUT2D eigenvalue weighted by Crippen LogP contribution is -2.35. The van der Waals surface area contributed by atoms with Crippen LogP contribution in [-0.2, 0) is 14.3 Å². The summed E-state index contributed by atoms with van der Waals surface area (Å²) < 4.78 is 17.3. The molecule has 1 aromatic carbocycles. The van der Waals surface area contributed by atoms with Crippen molar-refractivity contribution in [3.8, 4) is 11.5 Å². The highest BCUT2D eigenvalue weighted by atomic mass is 79.9. The first-order chi connectivity index (χ1) is 13.4. The lowest BCUT2D eigenvalue weighted by atomic mass is 9.75. The number of benzene rings is 1. The second-order valence-corrected chi connectivity index (χ2v) is 8.30. The van der Waals surface area contributed by atoms with E-state index in [9.17, 15) is 9.59 Å². The highest BCUT2D eigenvalue weighted by Crippen LogP contribution is 2.48. The predicted molar refractivity (Wildman–Crippen MR) is 106 cm³/mol. The fourth-order valence-corrected chi connectivity index (χ4v) is 4.55. The molecule has 0 fully saturated rings. The zero-order valence-corrected chi connectivity index (χ0v) is 17.6. The molecule has 7 heteroatoms. The Morgan fingerprint density at radius 3 is 2.68 bits per heavy atom. The predicted octanol–water partition coefficient (Wildman–Crippen LogP) is 4.10. The fraction of sp³-hybridized carbons (Fsp3) is 0.429. The molecule has 148 valence electrons. The minimum atomic E-state index is -0.515. The van der Waals surface area contributed by atoms with Crippen LogP contribution >= 0.6 is 15.9 Å². The Labute approximate surface area is 172 Å². The summed E-state index contributed by atoms with van der Waals surface area (Å²) >= 11 is 3.60. The summed E-state index contributed by atoms with van der Waals surface area (Å²) in [7, 11) is 0. The Morgan fingerprint density at radius 1 is 1.25 bits per heavy atom. The molecule has 0 bridgehead atoms. The molecule has 1 N–H and O–H groups in total. The quantitative estimate of drug-likeness (QED) is 0.703. The van der Waals surface area contributed by atoms with Crippen LogP contribution in [0, 0.1) is 0 Å². The van der Waals surface area contributed by atoms with E-state index in [0.29, 0.717) is 34.8 Å². The molecule has 2 aliphatic heterocycles. The van der Waals surface area contributed by atoms with Crippen molar-refractivity contribution in [2.45, 2.75) is 52.1 Å². The lowest BCUT2D eigenvalue weighted by molar-refractivity contribution is -0.143. The van der Waals surface area contributed by atoms with Gasteiger partial charge in [-0.2, -0.15) is 0 Å². The van der Waals surface area contributed by atoms with Gasteiger partial charge in [-0.05, 0) is 51.3 Å². The highest BCUT2D eigenvalue weighted by Gasteiger charge is 2.40. The molecule has 0 saturated heterocycles. The average molecular weight is 448 g/mol. The van der Waals surface area contributed by atoms with E-state index in [0.717, 1.165) is 28.6 Å². The number of carbonyl (C=O) groups excluding carboxylic acids is 2. The van der Waals surface area contributed by atoms with Gasteiger partial charge < -0.3 is 19.5 Å². The highest BCUT2D eigenvalue weighted by molar-refractivity contribution is 9.10. The number of dihydropyridines is 1. The molecule has 3 aliphatic rings. The summed E-state index contributed by atoms with van der Waals surface area (Å²) in [6, 6.07) is 3.68. The number of halogens is 1. The van der Waals surface area contributed by atoms with Crippen molar-refractivity contribution in [3.63, 3.8) is 0 Å². The largest absolute Gasteiger partial charge is 0.460 e. The molecule has 0 unspecified atom stereocenters. The third kappa shape index (κ3) is 3.21. The van der Waals surface area contributed by atoms with E-state index in [-0.39, 0.29) is 18.7 Å². The minimum Gasteiger partial charge on any atom is -0.460 e. The van der Waals surface area contributed by atoms with Gasteiger partial charge >= 0.3 is 5.97 Å². The number of esters is 1. The molecule has 28 heavy (non-hydrogen) atoms. The molecule has 0 amide bonds. The number of rotatable bonds is 3. The number of nitrogens with one attached hydrogen (secondary N) is 1. The van der Waals surface area contributed by atoms with E-state index in [1.807, 2.05) is 32.9 Å². The van der Waals surface area contributed by atoms with Gasteiger partial charge in [-0.15, -0.1) is 0 Å². The first kappa shape index (κ1) is 19.1. The normalized spacial score (nSPS) is 21.0. The zero-order chi connectivity index (χ0) is 20.0. The first-order valence-electron chi connectivity index (χ1n) is 9.41. The van der Waals surface area contributed by atoms with Gasteiger partial charge in [0.1, 0.15) is 0 Å². The van der Waals surface area contributed by atoms with Crippen molar-refractivity contribution in [3.05, 3.63) is 44.7 Å². The topological polar surface area (TPSA) is 73.9 Å². The van der Waals surface area contributed by atoms with Gasteiger partial charge in [0, 0.05) is 33.8 Å². The van der Waals surface area contributed by atoms with Crippen LogP contribution in [-0.4, -0.2) is 24.6 Å². The second-order valence-electron chi connectivity index (χ2n) is 7.45. The second kappa shape index (κ2) is 7.28. The van der Waals surface area contributed by atoms with Crippen LogP contribution in [0.1, 0.15) is 51.5 Å². The van der Waals surface area contributed by atoms with E-state index in [4.69, 9.17) is 14.2 Å². The molecule has 0 radical (unpaired) electrons. The van der Waals surface area contributed by atoms with Gasteiger partial charge in [0.15, 0.2) is 17.3 Å². The van der Waals surface area contributed by atoms with Gasteiger partial charge in [-0.1, -0.05) is 15.9 Å². The van der Waals surface area contributed by atoms with Crippen LogP contribution in [0.4, 0.5) is 0 Å². The summed E-state index contributed by atoms with van der Waals surface area (Å²) in [6.45, 7) is 5.63. The smallest absolute Gasteiger partial charge is 0.337 e. The first-order valence-corrected chi connectivity index (χ1v) is 10.2. The molecule has 2 heterocycles. The summed E-state index contributed by atoms with van der Waals surface area (Å²) in [4.78, 5) is 25.9. The van der Waals surface area contributed by atoms with Crippen LogP contribution in [0.2, 0.25) is 0 Å². The third-order valence-electron chi connectivity index (χ3n) is 5.14. The molecule has 1 atom stereocenters. The maximum absolute atomic E-state index is 13.0. The molecule has 0 spiro atoms. The SMILES string of the molecule is CC1=C(C(=O)OC(C)C)[C@@H](c2cc3c(cc2Br)OCO3)C2=C(CCCC2=O)N1. The number of fused-ring (bicyclic) bond motifs is 1. The van der Waals surface area contributed by atoms with E-state index >= 15 is 0 Å². The Hall–Kier alpha value is -2.28. The van der Waals surface area contributed by atoms with Crippen LogP contribution in [0.5, 0.6) is 11.5 Å².